The summed E-state index contributed by atoms with van der Waals surface area (Å²) in [5.41, 5.74) is 0.567. The molecule has 3 aromatic rings. The molecule has 0 bridgehead atoms. The van der Waals surface area contributed by atoms with Gasteiger partial charge < -0.3 is 24.8 Å². The first-order valence-corrected chi connectivity index (χ1v) is 11.8. The minimum absolute atomic E-state index is 0.0410. The Morgan fingerprint density at radius 3 is 2.09 bits per heavy atom. The monoisotopic (exact) mass is 519 g/mol. The van der Waals surface area contributed by atoms with Crippen molar-refractivity contribution in [3.05, 3.63) is 70.7 Å². The van der Waals surface area contributed by atoms with Crippen molar-refractivity contribution in [1.82, 2.24) is 0 Å². The highest BCUT2D eigenvalue weighted by Gasteiger charge is 2.20. The molecule has 0 aromatic heterocycles. The van der Waals surface area contributed by atoms with Crippen LogP contribution in [0.1, 0.15) is 20.7 Å². The minimum Gasteiger partial charge on any atom is -0.493 e. The first-order chi connectivity index (χ1) is 16.6. The Morgan fingerprint density at radius 2 is 1.51 bits per heavy atom. The van der Waals surface area contributed by atoms with Gasteiger partial charge in [0.1, 0.15) is 0 Å². The van der Waals surface area contributed by atoms with Crippen molar-refractivity contribution in [2.75, 3.05) is 32.0 Å². The molecule has 0 aliphatic heterocycles. The van der Waals surface area contributed by atoms with Crippen molar-refractivity contribution in [2.45, 2.75) is 4.90 Å². The van der Waals surface area contributed by atoms with Crippen LogP contribution >= 0.6 is 11.6 Å². The van der Waals surface area contributed by atoms with E-state index in [2.05, 4.69) is 10.6 Å². The Balaban J connectivity index is 1.92. The summed E-state index contributed by atoms with van der Waals surface area (Å²) in [6, 6.07) is 12.7. The maximum atomic E-state index is 13.0. The standard InChI is InChI=1S/C23H22ClN3O7S/c1-32-19-9-13(10-20(33-2)21(19)34-3)22(28)27-18-8-7-14(24)11-17(18)23(29)26-15-5-4-6-16(12-15)35(25,30)31/h4-12H,1-3H3,(H,26,29)(H,27,28)(H2,25,30,31). The lowest BCUT2D eigenvalue weighted by Gasteiger charge is -2.15. The number of anilines is 2. The Morgan fingerprint density at radius 1 is 0.857 bits per heavy atom. The van der Waals surface area contributed by atoms with Gasteiger partial charge >= 0.3 is 0 Å². The second kappa shape index (κ2) is 10.6. The van der Waals surface area contributed by atoms with Crippen LogP contribution in [0.15, 0.2) is 59.5 Å². The normalized spacial score (nSPS) is 10.9. The summed E-state index contributed by atoms with van der Waals surface area (Å²) < 4.78 is 39.0. The molecule has 0 radical (unpaired) electrons. The molecule has 0 saturated heterocycles. The number of methoxy groups -OCH3 is 3. The van der Waals surface area contributed by atoms with E-state index < -0.39 is 21.8 Å². The molecule has 0 aliphatic carbocycles. The summed E-state index contributed by atoms with van der Waals surface area (Å²) in [6.07, 6.45) is 0. The first kappa shape index (κ1) is 25.8. The number of nitrogens with one attached hydrogen (secondary N) is 2. The summed E-state index contributed by atoms with van der Waals surface area (Å²) in [6.45, 7) is 0. The number of amides is 2. The van der Waals surface area contributed by atoms with Crippen LogP contribution in [0.3, 0.4) is 0 Å². The number of nitrogens with two attached hydrogens (primary N) is 1. The lowest BCUT2D eigenvalue weighted by atomic mass is 10.1. The number of primary sulfonamides is 1. The Hall–Kier alpha value is -3.80. The van der Waals surface area contributed by atoms with Crippen molar-refractivity contribution in [3.63, 3.8) is 0 Å². The number of hydrogen-bond donors (Lipinski definition) is 3. The van der Waals surface area contributed by atoms with E-state index in [0.29, 0.717) is 5.75 Å². The van der Waals surface area contributed by atoms with Crippen LogP contribution < -0.4 is 30.0 Å². The fraction of sp³-hybridized carbons (Fsp3) is 0.130. The maximum Gasteiger partial charge on any atom is 0.257 e. The van der Waals surface area contributed by atoms with E-state index in [9.17, 15) is 18.0 Å². The van der Waals surface area contributed by atoms with Crippen LogP contribution in [0.5, 0.6) is 17.2 Å². The van der Waals surface area contributed by atoms with Crippen LogP contribution in [0, 0.1) is 0 Å². The van der Waals surface area contributed by atoms with Gasteiger partial charge in [0.25, 0.3) is 11.8 Å². The van der Waals surface area contributed by atoms with Crippen molar-refractivity contribution < 1.29 is 32.2 Å². The smallest absolute Gasteiger partial charge is 0.257 e. The molecule has 3 aromatic carbocycles. The maximum absolute atomic E-state index is 13.0. The second-order valence-electron chi connectivity index (χ2n) is 7.09. The van der Waals surface area contributed by atoms with Gasteiger partial charge in [-0.15, -0.1) is 0 Å². The van der Waals surface area contributed by atoms with Crippen molar-refractivity contribution >= 4 is 44.8 Å². The van der Waals surface area contributed by atoms with E-state index in [-0.39, 0.29) is 43.9 Å². The lowest BCUT2D eigenvalue weighted by molar-refractivity contribution is 0.102. The molecule has 0 unspecified atom stereocenters. The molecule has 0 atom stereocenters. The molecule has 184 valence electrons. The fourth-order valence-electron chi connectivity index (χ4n) is 3.17. The number of carbonyl (C=O) groups is 2. The molecule has 10 nitrogen and oxygen atoms in total. The Bertz CT molecular complexity index is 1370. The highest BCUT2D eigenvalue weighted by atomic mass is 35.5. The molecule has 0 fully saturated rings. The minimum atomic E-state index is -3.96. The van der Waals surface area contributed by atoms with E-state index in [4.69, 9.17) is 31.0 Å². The van der Waals surface area contributed by atoms with Gasteiger partial charge in [0.2, 0.25) is 15.8 Å². The molecule has 0 aliphatic rings. The molecule has 0 spiro atoms. The van der Waals surface area contributed by atoms with Crippen LogP contribution in [0.2, 0.25) is 5.02 Å². The molecule has 0 heterocycles. The largest absolute Gasteiger partial charge is 0.493 e. The predicted molar refractivity (Wildman–Crippen MR) is 131 cm³/mol. The summed E-state index contributed by atoms with van der Waals surface area (Å²) in [4.78, 5) is 25.8. The number of sulfonamides is 1. The SMILES string of the molecule is COc1cc(C(=O)Nc2ccc(Cl)cc2C(=O)Nc2cccc(S(N)(=O)=O)c2)cc(OC)c1OC. The predicted octanol–water partition coefficient (Wildman–Crippen LogP) is 3.52. The molecule has 12 heteroatoms. The van der Waals surface area contributed by atoms with E-state index in [1.165, 1.54) is 75.9 Å². The first-order valence-electron chi connectivity index (χ1n) is 9.92. The third-order valence-electron chi connectivity index (χ3n) is 4.82. The Labute approximate surface area is 207 Å². The fourth-order valence-corrected chi connectivity index (χ4v) is 3.90. The van der Waals surface area contributed by atoms with Crippen LogP contribution in [0.25, 0.3) is 0 Å². The number of ether oxygens (including phenoxy) is 3. The number of halogens is 1. The Kier molecular flexibility index (Phi) is 7.85. The van der Waals surface area contributed by atoms with Gasteiger partial charge in [-0.05, 0) is 48.5 Å². The molecule has 2 amide bonds. The average molecular weight is 520 g/mol. The van der Waals surface area contributed by atoms with E-state index in [0.717, 1.165) is 0 Å². The summed E-state index contributed by atoms with van der Waals surface area (Å²) >= 11 is 6.08. The zero-order valence-corrected chi connectivity index (χ0v) is 20.5. The van der Waals surface area contributed by atoms with Crippen LogP contribution in [-0.2, 0) is 10.0 Å². The van der Waals surface area contributed by atoms with Gasteiger partial charge in [-0.3, -0.25) is 9.59 Å². The summed E-state index contributed by atoms with van der Waals surface area (Å²) in [5, 5.41) is 10.6. The molecule has 3 rings (SSSR count). The summed E-state index contributed by atoms with van der Waals surface area (Å²) in [5.74, 6) is -0.322. The number of hydrogen-bond acceptors (Lipinski definition) is 7. The molecule has 35 heavy (non-hydrogen) atoms. The van der Waals surface area contributed by atoms with Crippen molar-refractivity contribution in [3.8, 4) is 17.2 Å². The molecule has 0 saturated carbocycles. The highest BCUT2D eigenvalue weighted by molar-refractivity contribution is 7.89. The van der Waals surface area contributed by atoms with Gasteiger partial charge in [-0.2, -0.15) is 0 Å². The molecule has 4 N–H and O–H groups in total. The summed E-state index contributed by atoms with van der Waals surface area (Å²) in [7, 11) is 0.323. The van der Waals surface area contributed by atoms with E-state index in [1.807, 2.05) is 0 Å². The van der Waals surface area contributed by atoms with Gasteiger partial charge in [-0.25, -0.2) is 13.6 Å². The third kappa shape index (κ3) is 6.01. The number of rotatable bonds is 8. The van der Waals surface area contributed by atoms with Gasteiger partial charge in [0.15, 0.2) is 11.5 Å². The highest BCUT2D eigenvalue weighted by Crippen LogP contribution is 2.38. The van der Waals surface area contributed by atoms with Crippen LogP contribution in [-0.4, -0.2) is 41.6 Å². The van der Waals surface area contributed by atoms with E-state index >= 15 is 0 Å². The second-order valence-corrected chi connectivity index (χ2v) is 9.08. The topological polar surface area (TPSA) is 146 Å². The quantitative estimate of drug-likeness (QED) is 0.412. The van der Waals surface area contributed by atoms with E-state index in [1.54, 1.807) is 0 Å². The molecular formula is C23H22ClN3O7S. The van der Waals surface area contributed by atoms with Gasteiger partial charge in [0, 0.05) is 16.3 Å². The lowest BCUT2D eigenvalue weighted by Crippen LogP contribution is -2.19. The third-order valence-corrected chi connectivity index (χ3v) is 5.97. The van der Waals surface area contributed by atoms with Crippen molar-refractivity contribution in [2.24, 2.45) is 5.14 Å². The van der Waals surface area contributed by atoms with Gasteiger partial charge in [-0.1, -0.05) is 17.7 Å². The van der Waals surface area contributed by atoms with Gasteiger partial charge in [0.05, 0.1) is 37.5 Å². The zero-order valence-electron chi connectivity index (χ0n) is 18.9. The van der Waals surface area contributed by atoms with Crippen molar-refractivity contribution in [1.29, 1.82) is 0 Å². The average Bonchev–Trinajstić information content (AvgIpc) is 2.83. The zero-order chi connectivity index (χ0) is 25.8. The van der Waals surface area contributed by atoms with Crippen LogP contribution in [0.4, 0.5) is 11.4 Å². The molecular weight excluding hydrogens is 498 g/mol. The number of carbonyl (C=O) groups excluding carboxylic acids is 2. The number of benzene rings is 3.